The Morgan fingerprint density at radius 2 is 1.35 bits per heavy atom. The number of fused-ring (bicyclic) bond motifs is 7. The molecule has 0 N–H and O–H groups in total. The van der Waals surface area contributed by atoms with Gasteiger partial charge in [0.05, 0.1) is 17.5 Å². The Morgan fingerprint density at radius 1 is 0.731 bits per heavy atom. The summed E-state index contributed by atoms with van der Waals surface area (Å²) in [5.74, 6) is 0.126. The van der Waals surface area contributed by atoms with Crippen LogP contribution in [0.3, 0.4) is 0 Å². The Bertz CT molecular complexity index is 1120. The number of hydrogen-bond donors (Lipinski definition) is 0. The summed E-state index contributed by atoms with van der Waals surface area (Å²) in [6.07, 6.45) is 5.23. The number of amides is 2. The monoisotopic (exact) mass is 339 g/mol. The van der Waals surface area contributed by atoms with Crippen molar-refractivity contribution in [2.45, 2.75) is 6.42 Å². The smallest absolute Gasteiger partial charge is 0.238 e. The van der Waals surface area contributed by atoms with Crippen LogP contribution in [0.15, 0.2) is 66.7 Å². The van der Waals surface area contributed by atoms with Crippen molar-refractivity contribution in [2.24, 2.45) is 23.7 Å². The predicted octanol–water partition coefficient (Wildman–Crippen LogP) is 4.30. The van der Waals surface area contributed by atoms with E-state index in [1.807, 2.05) is 30.3 Å². The Balaban J connectivity index is 1.55. The van der Waals surface area contributed by atoms with Crippen molar-refractivity contribution in [3.05, 3.63) is 66.7 Å². The molecule has 0 aromatic heterocycles. The van der Waals surface area contributed by atoms with E-state index in [1.54, 1.807) is 0 Å². The molecule has 0 unspecified atom stereocenters. The number of allylic oxidation sites excluding steroid dienone is 2. The van der Waals surface area contributed by atoms with Crippen LogP contribution in [0.25, 0.3) is 21.5 Å². The lowest BCUT2D eigenvalue weighted by molar-refractivity contribution is -0.123. The molecule has 4 atom stereocenters. The fourth-order valence-electron chi connectivity index (χ4n) is 5.29. The number of anilines is 1. The summed E-state index contributed by atoms with van der Waals surface area (Å²) in [7, 11) is 0. The molecule has 1 saturated heterocycles. The first kappa shape index (κ1) is 14.3. The first-order valence-electron chi connectivity index (χ1n) is 9.20. The summed E-state index contributed by atoms with van der Waals surface area (Å²) < 4.78 is 0. The Morgan fingerprint density at radius 3 is 2.04 bits per heavy atom. The normalized spacial score (nSPS) is 29.3. The highest BCUT2D eigenvalue weighted by molar-refractivity contribution is 6.26. The fraction of sp³-hybridized carbons (Fsp3) is 0.217. The Labute approximate surface area is 150 Å². The average molecular weight is 339 g/mol. The molecule has 3 aromatic carbocycles. The second-order valence-corrected chi connectivity index (χ2v) is 7.71. The van der Waals surface area contributed by atoms with Gasteiger partial charge in [-0.2, -0.15) is 0 Å². The van der Waals surface area contributed by atoms with Crippen LogP contribution >= 0.6 is 0 Å². The lowest BCUT2D eigenvalue weighted by Crippen LogP contribution is -2.33. The molecule has 2 bridgehead atoms. The molecule has 1 heterocycles. The summed E-state index contributed by atoms with van der Waals surface area (Å²) in [5, 5.41) is 4.30. The number of imide groups is 1. The van der Waals surface area contributed by atoms with Gasteiger partial charge in [0.2, 0.25) is 11.8 Å². The van der Waals surface area contributed by atoms with Gasteiger partial charge in [-0.3, -0.25) is 9.59 Å². The third kappa shape index (κ3) is 1.68. The number of rotatable bonds is 1. The Hall–Kier alpha value is -2.94. The van der Waals surface area contributed by atoms with Crippen molar-refractivity contribution in [1.82, 2.24) is 0 Å². The van der Waals surface area contributed by atoms with Gasteiger partial charge < -0.3 is 0 Å². The van der Waals surface area contributed by atoms with Gasteiger partial charge in [0.1, 0.15) is 0 Å². The topological polar surface area (TPSA) is 37.4 Å². The van der Waals surface area contributed by atoms with Gasteiger partial charge in [0.25, 0.3) is 0 Å². The maximum atomic E-state index is 13.2. The first-order valence-corrected chi connectivity index (χ1v) is 9.20. The number of nitrogens with zero attached hydrogens (tertiary/aromatic N) is 1. The van der Waals surface area contributed by atoms with E-state index < -0.39 is 0 Å². The minimum absolute atomic E-state index is 0.0162. The number of carbonyl (C=O) groups excluding carboxylic acids is 2. The molecule has 3 nitrogen and oxygen atoms in total. The number of carbonyl (C=O) groups is 2. The van der Waals surface area contributed by atoms with Crippen LogP contribution in [0.4, 0.5) is 5.69 Å². The molecule has 1 aliphatic heterocycles. The standard InChI is InChI=1S/C23H17NO2/c25-22-20-16-8-9-17(11-16)21(20)23(26)24(22)19-7-3-6-15-10-13-4-1-2-5-14(13)12-18(15)19/h1-10,12,16-17,20-21H,11H2/t16-,17+,20-,21+. The molecule has 2 amide bonds. The van der Waals surface area contributed by atoms with Crippen LogP contribution in [0.2, 0.25) is 0 Å². The third-order valence-corrected chi connectivity index (χ3v) is 6.43. The molecule has 126 valence electrons. The largest absolute Gasteiger partial charge is 0.274 e. The van der Waals surface area contributed by atoms with E-state index in [4.69, 9.17) is 0 Å². The maximum absolute atomic E-state index is 13.2. The van der Waals surface area contributed by atoms with E-state index in [-0.39, 0.29) is 35.5 Å². The first-order chi connectivity index (χ1) is 12.7. The highest BCUT2D eigenvalue weighted by Crippen LogP contribution is 2.53. The van der Waals surface area contributed by atoms with Crippen molar-refractivity contribution < 1.29 is 9.59 Å². The second kappa shape index (κ2) is 4.82. The van der Waals surface area contributed by atoms with E-state index in [0.717, 1.165) is 33.7 Å². The van der Waals surface area contributed by atoms with Gasteiger partial charge in [0.15, 0.2) is 0 Å². The molecule has 3 aromatic rings. The van der Waals surface area contributed by atoms with Gasteiger partial charge in [-0.15, -0.1) is 0 Å². The van der Waals surface area contributed by atoms with Crippen molar-refractivity contribution in [2.75, 3.05) is 4.90 Å². The molecule has 6 rings (SSSR count). The molecule has 1 saturated carbocycles. The van der Waals surface area contributed by atoms with E-state index in [2.05, 4.69) is 36.4 Å². The van der Waals surface area contributed by atoms with Crippen molar-refractivity contribution in [3.63, 3.8) is 0 Å². The number of hydrogen-bond acceptors (Lipinski definition) is 2. The minimum Gasteiger partial charge on any atom is -0.274 e. The van der Waals surface area contributed by atoms with Gasteiger partial charge in [-0.05, 0) is 52.6 Å². The number of benzene rings is 3. The van der Waals surface area contributed by atoms with Crippen LogP contribution in [0.5, 0.6) is 0 Å². The van der Waals surface area contributed by atoms with Crippen molar-refractivity contribution >= 4 is 39.0 Å². The van der Waals surface area contributed by atoms with Gasteiger partial charge in [0, 0.05) is 5.39 Å². The van der Waals surface area contributed by atoms with Crippen LogP contribution in [-0.2, 0) is 9.59 Å². The summed E-state index contributed by atoms with van der Waals surface area (Å²) in [5.41, 5.74) is 0.733. The maximum Gasteiger partial charge on any atom is 0.238 e. The zero-order valence-electron chi connectivity index (χ0n) is 14.1. The van der Waals surface area contributed by atoms with E-state index in [0.29, 0.717) is 0 Å². The molecule has 0 spiro atoms. The highest BCUT2D eigenvalue weighted by Gasteiger charge is 2.59. The molecule has 0 radical (unpaired) electrons. The summed E-state index contributed by atoms with van der Waals surface area (Å²) in [6, 6.07) is 18.3. The van der Waals surface area contributed by atoms with Crippen LogP contribution in [0.1, 0.15) is 6.42 Å². The second-order valence-electron chi connectivity index (χ2n) is 7.71. The summed E-state index contributed by atoms with van der Waals surface area (Å²) >= 11 is 0. The van der Waals surface area contributed by atoms with Gasteiger partial charge in [-0.1, -0.05) is 48.6 Å². The zero-order valence-corrected chi connectivity index (χ0v) is 14.1. The van der Waals surface area contributed by atoms with Crippen LogP contribution < -0.4 is 4.90 Å². The van der Waals surface area contributed by atoms with Crippen LogP contribution in [-0.4, -0.2) is 11.8 Å². The molecular weight excluding hydrogens is 322 g/mol. The minimum atomic E-state index is -0.159. The van der Waals surface area contributed by atoms with Crippen molar-refractivity contribution in [1.29, 1.82) is 0 Å². The van der Waals surface area contributed by atoms with Crippen LogP contribution in [0, 0.1) is 23.7 Å². The Kier molecular flexibility index (Phi) is 2.64. The lowest BCUT2D eigenvalue weighted by Gasteiger charge is -2.19. The summed E-state index contributed by atoms with van der Waals surface area (Å²) in [6.45, 7) is 0. The van der Waals surface area contributed by atoms with E-state index in [9.17, 15) is 9.59 Å². The lowest BCUT2D eigenvalue weighted by atomic mass is 9.85. The van der Waals surface area contributed by atoms with Gasteiger partial charge >= 0.3 is 0 Å². The van der Waals surface area contributed by atoms with E-state index in [1.165, 1.54) is 4.90 Å². The quantitative estimate of drug-likeness (QED) is 0.376. The molecule has 3 heteroatoms. The molecule has 2 fully saturated rings. The summed E-state index contributed by atoms with van der Waals surface area (Å²) in [4.78, 5) is 27.8. The molecule has 3 aliphatic rings. The van der Waals surface area contributed by atoms with E-state index >= 15 is 0 Å². The molecule has 26 heavy (non-hydrogen) atoms. The SMILES string of the molecule is O=C1[C@@H]2[C@H](C(=O)N1c1cccc3cc4ccccc4cc13)[C@@H]1C=C[C@H]2C1. The molecular formula is C23H17NO2. The predicted molar refractivity (Wildman–Crippen MR) is 102 cm³/mol. The zero-order chi connectivity index (χ0) is 17.4. The highest BCUT2D eigenvalue weighted by atomic mass is 16.2. The van der Waals surface area contributed by atoms with Gasteiger partial charge in [-0.25, -0.2) is 4.90 Å². The fourth-order valence-corrected chi connectivity index (χ4v) is 5.29. The van der Waals surface area contributed by atoms with Crippen molar-refractivity contribution in [3.8, 4) is 0 Å². The molecule has 2 aliphatic carbocycles. The third-order valence-electron chi connectivity index (χ3n) is 6.43. The average Bonchev–Trinajstić information content (AvgIpc) is 3.34.